The smallest absolute Gasteiger partial charge is 0.105 e. The first-order chi connectivity index (χ1) is 9.65. The van der Waals surface area contributed by atoms with E-state index in [1.165, 1.54) is 5.52 Å². The zero-order chi connectivity index (χ0) is 14.1. The van der Waals surface area contributed by atoms with Crippen LogP contribution < -0.4 is 5.73 Å². The highest BCUT2D eigenvalue weighted by atomic mass is 32.1. The first-order valence-electron chi connectivity index (χ1n) is 6.51. The minimum Gasteiger partial charge on any atom is -0.389 e. The second-order valence-electron chi connectivity index (χ2n) is 4.81. The standard InChI is InChI=1S/C15H16N4S/c1-11-17-5-7-18(11)8-9-19-6-4-12-10-13(15(16)20)2-3-14(12)19/h2-7,10H,8-9H2,1H3,(H2,16,20). The Hall–Kier alpha value is -2.14. The van der Waals surface area contributed by atoms with Crippen LogP contribution in [0.3, 0.4) is 0 Å². The molecule has 5 heteroatoms. The summed E-state index contributed by atoms with van der Waals surface area (Å²) in [5.41, 5.74) is 7.78. The fourth-order valence-electron chi connectivity index (χ4n) is 2.40. The lowest BCUT2D eigenvalue weighted by Gasteiger charge is -2.08. The van der Waals surface area contributed by atoms with Crippen molar-refractivity contribution in [3.8, 4) is 0 Å². The summed E-state index contributed by atoms with van der Waals surface area (Å²) in [4.78, 5) is 4.67. The fourth-order valence-corrected chi connectivity index (χ4v) is 2.53. The van der Waals surface area contributed by atoms with E-state index < -0.39 is 0 Å². The topological polar surface area (TPSA) is 48.8 Å². The lowest BCUT2D eigenvalue weighted by atomic mass is 10.1. The minimum absolute atomic E-state index is 0.439. The minimum atomic E-state index is 0.439. The second-order valence-corrected chi connectivity index (χ2v) is 5.25. The summed E-state index contributed by atoms with van der Waals surface area (Å²) < 4.78 is 4.38. The molecule has 3 aromatic rings. The first kappa shape index (κ1) is 12.9. The van der Waals surface area contributed by atoms with Crippen molar-refractivity contribution >= 4 is 28.1 Å². The number of hydrogen-bond acceptors (Lipinski definition) is 2. The van der Waals surface area contributed by atoms with E-state index in [0.29, 0.717) is 4.99 Å². The number of thiocarbonyl (C=S) groups is 1. The quantitative estimate of drug-likeness (QED) is 0.749. The van der Waals surface area contributed by atoms with Gasteiger partial charge in [0.1, 0.15) is 10.8 Å². The third-order valence-electron chi connectivity index (χ3n) is 3.56. The third-order valence-corrected chi connectivity index (χ3v) is 3.80. The van der Waals surface area contributed by atoms with Crippen molar-refractivity contribution in [1.82, 2.24) is 14.1 Å². The zero-order valence-electron chi connectivity index (χ0n) is 11.3. The van der Waals surface area contributed by atoms with Gasteiger partial charge in [-0.25, -0.2) is 4.98 Å². The molecule has 4 nitrogen and oxygen atoms in total. The highest BCUT2D eigenvalue weighted by molar-refractivity contribution is 7.80. The van der Waals surface area contributed by atoms with Crippen LogP contribution in [0.25, 0.3) is 10.9 Å². The van der Waals surface area contributed by atoms with Crippen LogP contribution in [0.2, 0.25) is 0 Å². The van der Waals surface area contributed by atoms with Gasteiger partial charge in [0, 0.05) is 48.1 Å². The molecule has 0 aliphatic carbocycles. The van der Waals surface area contributed by atoms with E-state index in [4.69, 9.17) is 18.0 Å². The molecule has 0 fully saturated rings. The van der Waals surface area contributed by atoms with Crippen LogP contribution in [0, 0.1) is 6.92 Å². The molecule has 2 N–H and O–H groups in total. The van der Waals surface area contributed by atoms with Gasteiger partial charge in [-0.2, -0.15) is 0 Å². The third kappa shape index (κ3) is 2.32. The molecule has 2 aromatic heterocycles. The number of fused-ring (bicyclic) bond motifs is 1. The van der Waals surface area contributed by atoms with E-state index in [-0.39, 0.29) is 0 Å². The van der Waals surface area contributed by atoms with Crippen molar-refractivity contribution in [3.05, 3.63) is 54.2 Å². The number of aromatic nitrogens is 3. The van der Waals surface area contributed by atoms with Crippen LogP contribution >= 0.6 is 12.2 Å². The Morgan fingerprint density at radius 1 is 1.20 bits per heavy atom. The summed E-state index contributed by atoms with van der Waals surface area (Å²) in [5, 5.41) is 1.16. The number of nitrogens with zero attached hydrogens (tertiary/aromatic N) is 3. The van der Waals surface area contributed by atoms with E-state index >= 15 is 0 Å². The van der Waals surface area contributed by atoms with Gasteiger partial charge in [0.15, 0.2) is 0 Å². The van der Waals surface area contributed by atoms with Crippen LogP contribution in [-0.4, -0.2) is 19.1 Å². The molecule has 0 saturated carbocycles. The highest BCUT2D eigenvalue weighted by Gasteiger charge is 2.04. The van der Waals surface area contributed by atoms with Crippen LogP contribution in [0.4, 0.5) is 0 Å². The van der Waals surface area contributed by atoms with Crippen LogP contribution in [-0.2, 0) is 13.1 Å². The fraction of sp³-hybridized carbons (Fsp3) is 0.200. The molecule has 3 rings (SSSR count). The van der Waals surface area contributed by atoms with E-state index in [9.17, 15) is 0 Å². The summed E-state index contributed by atoms with van der Waals surface area (Å²) in [5.74, 6) is 1.04. The Balaban J connectivity index is 1.85. The average Bonchev–Trinajstić information content (AvgIpc) is 3.02. The molecule has 0 aliphatic rings. The zero-order valence-corrected chi connectivity index (χ0v) is 12.1. The largest absolute Gasteiger partial charge is 0.389 e. The Morgan fingerprint density at radius 2 is 2.00 bits per heavy atom. The maximum atomic E-state index is 5.67. The Kier molecular flexibility index (Phi) is 3.28. The molecule has 0 radical (unpaired) electrons. The molecule has 0 atom stereocenters. The Bertz CT molecular complexity index is 769. The Morgan fingerprint density at radius 3 is 2.70 bits per heavy atom. The van der Waals surface area contributed by atoms with Crippen LogP contribution in [0.1, 0.15) is 11.4 Å². The summed E-state index contributed by atoms with van der Waals surface area (Å²) in [6.07, 6.45) is 5.93. The number of nitrogens with two attached hydrogens (primary N) is 1. The lowest BCUT2D eigenvalue weighted by Crippen LogP contribution is -2.09. The number of aryl methyl sites for hydroxylation is 3. The van der Waals surface area contributed by atoms with Crippen molar-refractivity contribution in [3.63, 3.8) is 0 Å². The second kappa shape index (κ2) is 5.09. The van der Waals surface area contributed by atoms with Gasteiger partial charge in [-0.1, -0.05) is 12.2 Å². The van der Waals surface area contributed by atoms with Crippen LogP contribution in [0.5, 0.6) is 0 Å². The molecule has 102 valence electrons. The monoisotopic (exact) mass is 284 g/mol. The number of imidazole rings is 1. The van der Waals surface area contributed by atoms with E-state index in [1.54, 1.807) is 0 Å². The maximum Gasteiger partial charge on any atom is 0.105 e. The molecule has 0 spiro atoms. The van der Waals surface area contributed by atoms with Gasteiger partial charge in [0.25, 0.3) is 0 Å². The van der Waals surface area contributed by atoms with Crippen molar-refractivity contribution in [1.29, 1.82) is 0 Å². The van der Waals surface area contributed by atoms with Gasteiger partial charge in [0.05, 0.1) is 0 Å². The van der Waals surface area contributed by atoms with E-state index in [1.807, 2.05) is 31.5 Å². The molecule has 0 aliphatic heterocycles. The Labute approximate surface area is 122 Å². The van der Waals surface area contributed by atoms with Crippen molar-refractivity contribution < 1.29 is 0 Å². The number of rotatable bonds is 4. The number of hydrogen-bond donors (Lipinski definition) is 1. The average molecular weight is 284 g/mol. The van der Waals surface area contributed by atoms with Crippen molar-refractivity contribution in [2.75, 3.05) is 0 Å². The molecule has 0 unspecified atom stereocenters. The van der Waals surface area contributed by atoms with Crippen molar-refractivity contribution in [2.45, 2.75) is 20.0 Å². The predicted molar refractivity (Wildman–Crippen MR) is 84.8 cm³/mol. The molecule has 1 aromatic carbocycles. The van der Waals surface area contributed by atoms with Crippen LogP contribution in [0.15, 0.2) is 42.9 Å². The summed E-state index contributed by atoms with van der Waals surface area (Å²) in [6.45, 7) is 3.84. The molecule has 0 saturated heterocycles. The first-order valence-corrected chi connectivity index (χ1v) is 6.92. The predicted octanol–water partition coefficient (Wildman–Crippen LogP) is 2.48. The van der Waals surface area contributed by atoms with Gasteiger partial charge in [0.2, 0.25) is 0 Å². The maximum absolute atomic E-state index is 5.67. The van der Waals surface area contributed by atoms with Gasteiger partial charge < -0.3 is 14.9 Å². The van der Waals surface area contributed by atoms with E-state index in [2.05, 4.69) is 32.4 Å². The lowest BCUT2D eigenvalue weighted by molar-refractivity contribution is 0.580. The molecular weight excluding hydrogens is 268 g/mol. The highest BCUT2D eigenvalue weighted by Crippen LogP contribution is 2.18. The summed E-state index contributed by atoms with van der Waals surface area (Å²) in [6, 6.07) is 8.18. The summed E-state index contributed by atoms with van der Waals surface area (Å²) >= 11 is 5.01. The van der Waals surface area contributed by atoms with Gasteiger partial charge in [-0.05, 0) is 31.2 Å². The summed E-state index contributed by atoms with van der Waals surface area (Å²) in [7, 11) is 0. The van der Waals surface area contributed by atoms with Crippen molar-refractivity contribution in [2.24, 2.45) is 5.73 Å². The molecule has 20 heavy (non-hydrogen) atoms. The molecule has 0 amide bonds. The normalized spacial score (nSPS) is 11.1. The SMILES string of the molecule is Cc1nccn1CCn1ccc2cc(C(N)=S)ccc21. The van der Waals surface area contributed by atoms with Gasteiger partial charge in [-0.15, -0.1) is 0 Å². The van der Waals surface area contributed by atoms with E-state index in [0.717, 1.165) is 29.9 Å². The molecular formula is C15H16N4S. The van der Waals surface area contributed by atoms with Gasteiger partial charge >= 0.3 is 0 Å². The van der Waals surface area contributed by atoms with Gasteiger partial charge in [-0.3, -0.25) is 0 Å². The molecule has 0 bridgehead atoms. The number of benzene rings is 1. The molecule has 2 heterocycles.